The molecule has 1 aromatic carbocycles. The van der Waals surface area contributed by atoms with Crippen molar-refractivity contribution >= 4 is 29.0 Å². The van der Waals surface area contributed by atoms with Crippen LogP contribution < -0.4 is 10.9 Å². The topological polar surface area (TPSA) is 66.9 Å². The van der Waals surface area contributed by atoms with Crippen LogP contribution in [0.2, 0.25) is 0 Å². The number of fused-ring (bicyclic) bond motifs is 1. The number of amides is 1. The fourth-order valence-corrected chi connectivity index (χ4v) is 4.51. The summed E-state index contributed by atoms with van der Waals surface area (Å²) in [6.45, 7) is 7.25. The molecule has 5 nitrogen and oxygen atoms in total. The molecular formula is C22H31N3O2S. The molecule has 1 aromatic heterocycles. The predicted octanol–water partition coefficient (Wildman–Crippen LogP) is 4.56. The Balaban J connectivity index is 1.57. The lowest BCUT2D eigenvalue weighted by molar-refractivity contribution is -0.122. The summed E-state index contributed by atoms with van der Waals surface area (Å²) in [6, 6.07) is 7.55. The third-order valence-corrected chi connectivity index (χ3v) is 6.88. The van der Waals surface area contributed by atoms with Crippen LogP contribution in [0.15, 0.2) is 29.1 Å². The third kappa shape index (κ3) is 4.54. The molecule has 1 amide bonds. The molecule has 6 heteroatoms. The van der Waals surface area contributed by atoms with Gasteiger partial charge in [0.1, 0.15) is 0 Å². The second-order valence-electron chi connectivity index (χ2n) is 8.64. The highest BCUT2D eigenvalue weighted by Crippen LogP contribution is 2.40. The number of hydrogen-bond donors (Lipinski definition) is 2. The van der Waals surface area contributed by atoms with E-state index in [1.54, 1.807) is 6.07 Å². The first-order chi connectivity index (χ1) is 13.3. The Labute approximate surface area is 171 Å². The molecule has 1 aliphatic carbocycles. The SMILES string of the molecule is CCC(C)(C)C1CCC(NC(=O)CCn2c(=S)[nH]c3ccccc3c2=O)CC1. The number of rotatable bonds is 6. The molecule has 0 unspecified atom stereocenters. The van der Waals surface area contributed by atoms with Gasteiger partial charge in [-0.15, -0.1) is 0 Å². The van der Waals surface area contributed by atoms with Gasteiger partial charge in [-0.3, -0.25) is 14.2 Å². The Morgan fingerprint density at radius 2 is 1.93 bits per heavy atom. The summed E-state index contributed by atoms with van der Waals surface area (Å²) < 4.78 is 1.84. The van der Waals surface area contributed by atoms with Gasteiger partial charge in [0.15, 0.2) is 4.77 Å². The fraction of sp³-hybridized carbons (Fsp3) is 0.591. The second kappa shape index (κ2) is 8.60. The van der Waals surface area contributed by atoms with Crippen LogP contribution in [-0.2, 0) is 11.3 Å². The van der Waals surface area contributed by atoms with E-state index in [0.29, 0.717) is 22.1 Å². The van der Waals surface area contributed by atoms with Crippen LogP contribution in [0.25, 0.3) is 10.9 Å². The summed E-state index contributed by atoms with van der Waals surface area (Å²) in [5.74, 6) is 0.729. The smallest absolute Gasteiger partial charge is 0.262 e. The van der Waals surface area contributed by atoms with E-state index in [-0.39, 0.29) is 23.9 Å². The molecule has 0 radical (unpaired) electrons. The summed E-state index contributed by atoms with van der Waals surface area (Å²) in [6.07, 6.45) is 5.86. The molecule has 0 saturated heterocycles. The maximum absolute atomic E-state index is 12.7. The molecule has 1 fully saturated rings. The number of hydrogen-bond acceptors (Lipinski definition) is 3. The Hall–Kier alpha value is -1.95. The molecule has 0 bridgehead atoms. The van der Waals surface area contributed by atoms with Crippen LogP contribution in [0.5, 0.6) is 0 Å². The number of nitrogens with one attached hydrogen (secondary N) is 2. The zero-order valence-electron chi connectivity index (χ0n) is 17.1. The van der Waals surface area contributed by atoms with Crippen LogP contribution in [0, 0.1) is 16.1 Å². The first-order valence-corrected chi connectivity index (χ1v) is 10.7. The van der Waals surface area contributed by atoms with E-state index < -0.39 is 0 Å². The van der Waals surface area contributed by atoms with Gasteiger partial charge < -0.3 is 10.3 Å². The van der Waals surface area contributed by atoms with E-state index in [9.17, 15) is 9.59 Å². The van der Waals surface area contributed by atoms with Crippen molar-refractivity contribution in [3.8, 4) is 0 Å². The summed E-state index contributed by atoms with van der Waals surface area (Å²) in [4.78, 5) is 28.2. The van der Waals surface area contributed by atoms with E-state index in [1.165, 1.54) is 23.8 Å². The van der Waals surface area contributed by atoms with E-state index in [4.69, 9.17) is 12.2 Å². The number of H-pyrrole nitrogens is 1. The largest absolute Gasteiger partial charge is 0.353 e. The van der Waals surface area contributed by atoms with Crippen molar-refractivity contribution in [2.75, 3.05) is 0 Å². The van der Waals surface area contributed by atoms with Gasteiger partial charge in [-0.05, 0) is 61.4 Å². The second-order valence-corrected chi connectivity index (χ2v) is 9.03. The van der Waals surface area contributed by atoms with E-state index in [2.05, 4.69) is 31.1 Å². The van der Waals surface area contributed by atoms with Gasteiger partial charge in [0.2, 0.25) is 5.91 Å². The maximum atomic E-state index is 12.7. The lowest BCUT2D eigenvalue weighted by atomic mass is 9.69. The molecule has 152 valence electrons. The summed E-state index contributed by atoms with van der Waals surface area (Å²) in [7, 11) is 0. The van der Waals surface area contributed by atoms with E-state index >= 15 is 0 Å². The number of nitrogens with zero attached hydrogens (tertiary/aromatic N) is 1. The molecule has 1 saturated carbocycles. The van der Waals surface area contributed by atoms with Crippen molar-refractivity contribution in [1.82, 2.24) is 14.9 Å². The molecule has 1 aliphatic rings. The van der Waals surface area contributed by atoms with Crippen molar-refractivity contribution < 1.29 is 4.79 Å². The highest BCUT2D eigenvalue weighted by molar-refractivity contribution is 7.71. The van der Waals surface area contributed by atoms with Gasteiger partial charge in [-0.1, -0.05) is 39.3 Å². The highest BCUT2D eigenvalue weighted by atomic mass is 32.1. The molecular weight excluding hydrogens is 370 g/mol. The van der Waals surface area contributed by atoms with Crippen LogP contribution in [0.4, 0.5) is 0 Å². The van der Waals surface area contributed by atoms with Gasteiger partial charge in [-0.25, -0.2) is 0 Å². The van der Waals surface area contributed by atoms with Gasteiger partial charge in [-0.2, -0.15) is 0 Å². The van der Waals surface area contributed by atoms with Crippen molar-refractivity contribution in [2.24, 2.45) is 11.3 Å². The van der Waals surface area contributed by atoms with Crippen LogP contribution >= 0.6 is 12.2 Å². The molecule has 0 aliphatic heterocycles. The molecule has 0 atom stereocenters. The number of para-hydroxylation sites is 1. The van der Waals surface area contributed by atoms with Crippen molar-refractivity contribution in [3.63, 3.8) is 0 Å². The quantitative estimate of drug-likeness (QED) is 0.697. The average molecular weight is 402 g/mol. The Morgan fingerprint density at radius 1 is 1.25 bits per heavy atom. The summed E-state index contributed by atoms with van der Waals surface area (Å²) in [5, 5.41) is 3.75. The Bertz CT molecular complexity index is 952. The Kier molecular flexibility index (Phi) is 6.38. The lowest BCUT2D eigenvalue weighted by Gasteiger charge is -2.39. The average Bonchev–Trinajstić information content (AvgIpc) is 2.68. The fourth-order valence-electron chi connectivity index (χ4n) is 4.22. The first-order valence-electron chi connectivity index (χ1n) is 10.3. The third-order valence-electron chi connectivity index (χ3n) is 6.56. The van der Waals surface area contributed by atoms with Gasteiger partial charge in [0.25, 0.3) is 5.56 Å². The van der Waals surface area contributed by atoms with Crippen molar-refractivity contribution in [1.29, 1.82) is 0 Å². The number of carbonyl (C=O) groups excluding carboxylic acids is 1. The number of aromatic amines is 1. The monoisotopic (exact) mass is 401 g/mol. The van der Waals surface area contributed by atoms with Crippen LogP contribution in [-0.4, -0.2) is 21.5 Å². The molecule has 0 spiro atoms. The van der Waals surface area contributed by atoms with Gasteiger partial charge in [0, 0.05) is 19.0 Å². The molecule has 28 heavy (non-hydrogen) atoms. The number of benzene rings is 1. The van der Waals surface area contributed by atoms with Crippen molar-refractivity contribution in [3.05, 3.63) is 39.4 Å². The highest BCUT2D eigenvalue weighted by Gasteiger charge is 2.32. The summed E-state index contributed by atoms with van der Waals surface area (Å²) >= 11 is 5.32. The van der Waals surface area contributed by atoms with Gasteiger partial charge in [0.05, 0.1) is 10.9 Å². The minimum Gasteiger partial charge on any atom is -0.353 e. The zero-order chi connectivity index (χ0) is 20.3. The normalized spacial score (nSPS) is 20.2. The Morgan fingerprint density at radius 3 is 2.61 bits per heavy atom. The molecule has 1 heterocycles. The molecule has 2 N–H and O–H groups in total. The lowest BCUT2D eigenvalue weighted by Crippen LogP contribution is -2.40. The van der Waals surface area contributed by atoms with E-state index in [0.717, 1.165) is 24.3 Å². The minimum atomic E-state index is -0.144. The number of aromatic nitrogens is 2. The standard InChI is InChI=1S/C22H31N3O2S/c1-4-22(2,3)15-9-11-16(12-10-15)23-19(26)13-14-25-20(27)17-7-5-6-8-18(17)24-21(25)28/h5-8,15-16H,4,9-14H2,1-3H3,(H,23,26)(H,24,28). The summed E-state index contributed by atoms with van der Waals surface area (Å²) in [5.41, 5.74) is 0.960. The van der Waals surface area contributed by atoms with Gasteiger partial charge >= 0.3 is 0 Å². The number of carbonyl (C=O) groups is 1. The minimum absolute atomic E-state index is 0.00680. The maximum Gasteiger partial charge on any atom is 0.262 e. The molecule has 3 rings (SSSR count). The van der Waals surface area contributed by atoms with Crippen molar-refractivity contribution in [2.45, 2.75) is 71.9 Å². The predicted molar refractivity (Wildman–Crippen MR) is 116 cm³/mol. The zero-order valence-corrected chi connectivity index (χ0v) is 17.9. The molecule has 2 aromatic rings. The first kappa shape index (κ1) is 20.8. The van der Waals surface area contributed by atoms with E-state index in [1.807, 2.05) is 18.2 Å². The van der Waals surface area contributed by atoms with Crippen LogP contribution in [0.1, 0.15) is 59.3 Å². The van der Waals surface area contributed by atoms with Crippen LogP contribution in [0.3, 0.4) is 0 Å².